The van der Waals surface area contributed by atoms with Gasteiger partial charge in [-0.25, -0.2) is 28.8 Å². The van der Waals surface area contributed by atoms with Gasteiger partial charge in [0.05, 0.1) is 37.6 Å². The molecule has 90 heavy (non-hydrogen) atoms. The van der Waals surface area contributed by atoms with E-state index in [0.717, 1.165) is 22.3 Å². The van der Waals surface area contributed by atoms with Gasteiger partial charge in [0, 0.05) is 63.4 Å². The van der Waals surface area contributed by atoms with Crippen molar-refractivity contribution in [3.63, 3.8) is 0 Å². The number of hydrogen-bond acceptors (Lipinski definition) is 18. The minimum Gasteiger partial charge on any atom is -0.485 e. The van der Waals surface area contributed by atoms with Crippen LogP contribution in [-0.4, -0.2) is 161 Å². The van der Waals surface area contributed by atoms with Gasteiger partial charge in [-0.15, -0.1) is 0 Å². The molecule has 4 amide bonds. The molecule has 2 unspecified atom stereocenters. The van der Waals surface area contributed by atoms with Crippen molar-refractivity contribution in [1.29, 1.82) is 0 Å². The van der Waals surface area contributed by atoms with Gasteiger partial charge in [0.1, 0.15) is 51.8 Å². The number of nitrogens with zero attached hydrogens (tertiary/aromatic N) is 2. The van der Waals surface area contributed by atoms with E-state index in [9.17, 15) is 28.8 Å². The molecule has 478 valence electrons. The number of rotatable bonds is 30. The molecule has 8 rings (SSSR count). The monoisotopic (exact) mass is 1240 g/mol. The summed E-state index contributed by atoms with van der Waals surface area (Å²) in [7, 11) is 0. The molecule has 0 saturated carbocycles. The lowest BCUT2D eigenvalue weighted by atomic mass is 10.1. The van der Waals surface area contributed by atoms with E-state index in [4.69, 9.17) is 47.4 Å². The van der Waals surface area contributed by atoms with Gasteiger partial charge in [-0.1, -0.05) is 121 Å². The van der Waals surface area contributed by atoms with E-state index in [1.54, 1.807) is 21.9 Å². The van der Waals surface area contributed by atoms with Crippen molar-refractivity contribution in [2.45, 2.75) is 77.4 Å². The highest BCUT2D eigenvalue weighted by Gasteiger charge is 2.32. The quantitative estimate of drug-likeness (QED) is 0.0192. The molecule has 2 heterocycles. The van der Waals surface area contributed by atoms with Gasteiger partial charge in [-0.2, -0.15) is 0 Å². The van der Waals surface area contributed by atoms with Crippen LogP contribution >= 0.6 is 0 Å². The topological polar surface area (TPSA) is 249 Å². The summed E-state index contributed by atoms with van der Waals surface area (Å²) < 4.78 is 58.7. The van der Waals surface area contributed by atoms with E-state index in [2.05, 4.69) is 21.3 Å². The Morgan fingerprint density at radius 1 is 0.433 bits per heavy atom. The van der Waals surface area contributed by atoms with E-state index >= 15 is 0 Å². The fourth-order valence-corrected chi connectivity index (χ4v) is 9.10. The average molecular weight is 1240 g/mol. The summed E-state index contributed by atoms with van der Waals surface area (Å²) in [5.74, 6) is -3.22. The largest absolute Gasteiger partial charge is 0.485 e. The summed E-state index contributed by atoms with van der Waals surface area (Å²) in [6.07, 6.45) is -2.63. The second-order valence-corrected chi connectivity index (χ2v) is 22.7. The lowest BCUT2D eigenvalue weighted by molar-refractivity contribution is -0.176. The lowest BCUT2D eigenvalue weighted by Gasteiger charge is -2.32. The van der Waals surface area contributed by atoms with Crippen LogP contribution in [0.2, 0.25) is 0 Å². The zero-order valence-corrected chi connectivity index (χ0v) is 51.3. The summed E-state index contributed by atoms with van der Waals surface area (Å²) in [5, 5.41) is 12.4. The smallest absolute Gasteiger partial charge is 0.417 e. The minimum atomic E-state index is -1.45. The van der Waals surface area contributed by atoms with Crippen molar-refractivity contribution < 1.29 is 76.1 Å². The second kappa shape index (κ2) is 33.9. The summed E-state index contributed by atoms with van der Waals surface area (Å²) in [6.45, 7) is 10.2. The molecule has 0 aromatic heterocycles. The zero-order valence-electron chi connectivity index (χ0n) is 51.3. The molecule has 22 heteroatoms. The molecule has 6 aromatic rings. The molecule has 0 spiro atoms. The normalized spacial score (nSPS) is 14.0. The maximum Gasteiger partial charge on any atom is 0.417 e. The summed E-state index contributed by atoms with van der Waals surface area (Å²) in [4.78, 5) is 85.5. The number of carbonyl (C=O) groups is 6. The Kier molecular flexibility index (Phi) is 25.2. The lowest BCUT2D eigenvalue weighted by Crippen LogP contribution is -2.55. The van der Waals surface area contributed by atoms with Crippen LogP contribution in [0.1, 0.15) is 70.7 Å². The molecule has 2 atom stereocenters. The summed E-state index contributed by atoms with van der Waals surface area (Å²) in [5.41, 5.74) is 2.09. The molecule has 22 nitrogen and oxygen atoms in total. The van der Waals surface area contributed by atoms with Gasteiger partial charge in [0.25, 0.3) is 0 Å². The fraction of sp³-hybridized carbons (Fsp3) is 0.382. The van der Waals surface area contributed by atoms with Crippen LogP contribution in [0.4, 0.5) is 9.59 Å². The third-order valence-corrected chi connectivity index (χ3v) is 14.4. The van der Waals surface area contributed by atoms with Crippen LogP contribution in [0.5, 0.6) is 23.0 Å². The Hall–Kier alpha value is -9.22. The van der Waals surface area contributed by atoms with Gasteiger partial charge in [0.2, 0.25) is 0 Å². The van der Waals surface area contributed by atoms with E-state index in [-0.39, 0.29) is 87.3 Å². The van der Waals surface area contributed by atoms with Crippen molar-refractivity contribution in [2.24, 2.45) is 0 Å². The number of nitrogens with one attached hydrogen (secondary N) is 4. The van der Waals surface area contributed by atoms with Crippen LogP contribution in [-0.2, 0) is 64.4 Å². The summed E-state index contributed by atoms with van der Waals surface area (Å²) in [6, 6.07) is 46.7. The number of benzene rings is 6. The maximum absolute atomic E-state index is 14.0. The van der Waals surface area contributed by atoms with Gasteiger partial charge < -0.3 is 78.4 Å². The molecule has 0 aliphatic carbocycles. The number of carbonyl (C=O) groups excluding carboxylic acids is 6. The number of esters is 4. The zero-order chi connectivity index (χ0) is 63.6. The van der Waals surface area contributed by atoms with Crippen LogP contribution in [0.15, 0.2) is 158 Å². The van der Waals surface area contributed by atoms with E-state index in [1.807, 2.05) is 149 Å². The highest BCUT2D eigenvalue weighted by molar-refractivity contribution is 6.29. The van der Waals surface area contributed by atoms with Gasteiger partial charge >= 0.3 is 35.9 Å². The highest BCUT2D eigenvalue weighted by atomic mass is 16.6. The van der Waals surface area contributed by atoms with Gasteiger partial charge in [-0.05, 0) is 86.3 Å². The Labute approximate surface area is 524 Å². The van der Waals surface area contributed by atoms with E-state index in [0.29, 0.717) is 64.1 Å². The number of morpholine rings is 2. The highest BCUT2D eigenvalue weighted by Crippen LogP contribution is 2.32. The number of hydrogen-bond donors (Lipinski definition) is 4. The molecule has 0 radical (unpaired) electrons. The van der Waals surface area contributed by atoms with E-state index < -0.39 is 60.4 Å². The van der Waals surface area contributed by atoms with Crippen molar-refractivity contribution in [1.82, 2.24) is 31.1 Å². The standard InChI is InChI=1S/C68H80N6O16/c1-67(2,47-69-65(79)73-29-33-81-34-30-73)71-39-55(45-87-61(75)53-25-27-57(83-41-49-17-9-5-10-18-49)59(37-53)85-43-51-21-13-7-14-22-51)89-63(77)64(78)90-56(40-72-68(3,4)48-70-66(80)74-31-35-82-36-32-74)46-88-62(76)54-26-28-58(84-42-50-19-11-6-12-20-50)60(38-54)86-44-52-23-15-8-16-24-52/h5-28,37-38,55-56,71-72H,29-36,39-48H2,1-4H3,(H,69,79)(H,70,80). The average Bonchev–Trinajstić information content (AvgIpc) is 2.65. The Morgan fingerprint density at radius 3 is 1.07 bits per heavy atom. The first kappa shape index (κ1) is 66.7. The van der Waals surface area contributed by atoms with Crippen molar-refractivity contribution in [3.05, 3.63) is 191 Å². The molecule has 2 aliphatic rings. The van der Waals surface area contributed by atoms with Crippen molar-refractivity contribution in [2.75, 3.05) is 92.0 Å². The Bertz CT molecular complexity index is 3040. The third-order valence-electron chi connectivity index (χ3n) is 14.4. The molecule has 6 aromatic carbocycles. The first-order valence-corrected chi connectivity index (χ1v) is 30.0. The maximum atomic E-state index is 14.0. The van der Waals surface area contributed by atoms with Crippen LogP contribution < -0.4 is 40.2 Å². The Balaban J connectivity index is 0.973. The van der Waals surface area contributed by atoms with E-state index in [1.165, 1.54) is 24.3 Å². The number of ether oxygens (including phenoxy) is 10. The molecular weight excluding hydrogens is 1160 g/mol. The fourth-order valence-electron chi connectivity index (χ4n) is 9.10. The molecule has 4 N–H and O–H groups in total. The predicted octanol–water partition coefficient (Wildman–Crippen LogP) is 7.66. The number of amides is 4. The summed E-state index contributed by atoms with van der Waals surface area (Å²) >= 11 is 0. The SMILES string of the molecule is CC(C)(CNC(=O)N1CCOCC1)NCC(COC(=O)c1ccc(OCc2ccccc2)c(OCc2ccccc2)c1)OC(=O)C(=O)OC(CNC(C)(C)CNC(=O)N1CCOCC1)COC(=O)c1ccc(OCc2ccccc2)c(OCc2ccccc2)c1. The third kappa shape index (κ3) is 22.1. The number of urea groups is 2. The van der Waals surface area contributed by atoms with Crippen LogP contribution in [0.25, 0.3) is 0 Å². The molecule has 0 bridgehead atoms. The van der Waals surface area contributed by atoms with Crippen molar-refractivity contribution >= 4 is 35.9 Å². The van der Waals surface area contributed by atoms with Gasteiger partial charge in [-0.3, -0.25) is 0 Å². The van der Waals surface area contributed by atoms with Crippen LogP contribution in [0, 0.1) is 0 Å². The van der Waals surface area contributed by atoms with Gasteiger partial charge in [0.15, 0.2) is 23.0 Å². The van der Waals surface area contributed by atoms with Crippen molar-refractivity contribution in [3.8, 4) is 23.0 Å². The first-order chi connectivity index (χ1) is 43.5. The Morgan fingerprint density at radius 2 is 0.744 bits per heavy atom. The molecule has 2 saturated heterocycles. The second-order valence-electron chi connectivity index (χ2n) is 22.7. The minimum absolute atomic E-state index is 0.0884. The first-order valence-electron chi connectivity index (χ1n) is 30.0. The molecule has 2 fully saturated rings. The molecule has 2 aliphatic heterocycles. The van der Waals surface area contributed by atoms with Crippen LogP contribution in [0.3, 0.4) is 0 Å². The predicted molar refractivity (Wildman–Crippen MR) is 332 cm³/mol. The molecular formula is C68H80N6O16.